The van der Waals surface area contributed by atoms with E-state index in [-0.39, 0.29) is 24.2 Å². The van der Waals surface area contributed by atoms with E-state index in [1.54, 1.807) is 16.2 Å². The fraction of sp³-hybridized carbons (Fsp3) is 0.227. The third-order valence-corrected chi connectivity index (χ3v) is 5.64. The summed E-state index contributed by atoms with van der Waals surface area (Å²) < 4.78 is 0. The Hall–Kier alpha value is -2.99. The van der Waals surface area contributed by atoms with Gasteiger partial charge in [0, 0.05) is 36.1 Å². The number of hydrogen-bond donors (Lipinski definition) is 1. The summed E-state index contributed by atoms with van der Waals surface area (Å²) >= 11 is 1.61. The highest BCUT2D eigenvalue weighted by molar-refractivity contribution is 7.09. The standard InChI is InChI=1S/C22H21N3O2S/c1-15-23-20(14-28-15)17-7-9-19(10-8-17)24-22(27)18-11-21(26)25(13-18)12-16-5-3-2-4-6-16/h2-10,14,18H,11-13H2,1H3,(H,24,27). The molecule has 1 saturated heterocycles. The molecule has 0 radical (unpaired) electrons. The summed E-state index contributed by atoms with van der Waals surface area (Å²) in [7, 11) is 0. The molecule has 1 fully saturated rings. The average Bonchev–Trinajstić information content (AvgIpc) is 3.29. The summed E-state index contributed by atoms with van der Waals surface area (Å²) in [4.78, 5) is 31.1. The zero-order chi connectivity index (χ0) is 19.5. The molecule has 2 aromatic carbocycles. The number of hydrogen-bond acceptors (Lipinski definition) is 4. The Morgan fingerprint density at radius 3 is 2.61 bits per heavy atom. The number of aromatic nitrogens is 1. The first-order valence-corrected chi connectivity index (χ1v) is 10.1. The molecule has 2 amide bonds. The van der Waals surface area contributed by atoms with Gasteiger partial charge in [-0.05, 0) is 24.6 Å². The lowest BCUT2D eigenvalue weighted by molar-refractivity contribution is -0.128. The summed E-state index contributed by atoms with van der Waals surface area (Å²) in [6.45, 7) is 2.98. The number of nitrogens with one attached hydrogen (secondary N) is 1. The Bertz CT molecular complexity index is 983. The van der Waals surface area contributed by atoms with Gasteiger partial charge >= 0.3 is 0 Å². The van der Waals surface area contributed by atoms with Crippen molar-refractivity contribution in [3.63, 3.8) is 0 Å². The van der Waals surface area contributed by atoms with E-state index in [0.717, 1.165) is 27.5 Å². The Kier molecular flexibility index (Phi) is 5.21. The van der Waals surface area contributed by atoms with Gasteiger partial charge in [0.25, 0.3) is 0 Å². The summed E-state index contributed by atoms with van der Waals surface area (Å²) in [6, 6.07) is 17.5. The van der Waals surface area contributed by atoms with Crippen molar-refractivity contribution >= 4 is 28.8 Å². The van der Waals surface area contributed by atoms with E-state index < -0.39 is 0 Å². The number of amides is 2. The van der Waals surface area contributed by atoms with E-state index >= 15 is 0 Å². The molecule has 6 heteroatoms. The zero-order valence-electron chi connectivity index (χ0n) is 15.6. The van der Waals surface area contributed by atoms with E-state index in [2.05, 4.69) is 10.3 Å². The largest absolute Gasteiger partial charge is 0.338 e. The lowest BCUT2D eigenvalue weighted by atomic mass is 10.1. The smallest absolute Gasteiger partial charge is 0.229 e. The molecule has 4 rings (SSSR count). The molecule has 3 aromatic rings. The second-order valence-corrected chi connectivity index (χ2v) is 8.04. The second-order valence-electron chi connectivity index (χ2n) is 6.98. The molecule has 1 aromatic heterocycles. The van der Waals surface area contributed by atoms with Gasteiger partial charge in [-0.3, -0.25) is 9.59 Å². The number of benzene rings is 2. The maximum absolute atomic E-state index is 12.6. The van der Waals surface area contributed by atoms with E-state index in [1.165, 1.54) is 0 Å². The quantitative estimate of drug-likeness (QED) is 0.712. The molecule has 142 valence electrons. The second kappa shape index (κ2) is 7.94. The molecule has 1 aliphatic heterocycles. The molecule has 28 heavy (non-hydrogen) atoms. The third kappa shape index (κ3) is 4.12. The van der Waals surface area contributed by atoms with E-state index in [9.17, 15) is 9.59 Å². The van der Waals surface area contributed by atoms with Crippen LogP contribution in [0, 0.1) is 12.8 Å². The summed E-state index contributed by atoms with van der Waals surface area (Å²) in [6.07, 6.45) is 0.259. The third-order valence-electron chi connectivity index (χ3n) is 4.87. The van der Waals surface area contributed by atoms with Crippen molar-refractivity contribution in [2.75, 3.05) is 11.9 Å². The first kappa shape index (κ1) is 18.4. The van der Waals surface area contributed by atoms with Gasteiger partial charge in [0.1, 0.15) is 0 Å². The summed E-state index contributed by atoms with van der Waals surface area (Å²) in [5.74, 6) is -0.406. The number of anilines is 1. The van der Waals surface area contributed by atoms with Crippen LogP contribution >= 0.6 is 11.3 Å². The SMILES string of the molecule is Cc1nc(-c2ccc(NC(=O)C3CC(=O)N(Cc4ccccc4)C3)cc2)cs1. The molecule has 1 N–H and O–H groups in total. The number of carbonyl (C=O) groups excluding carboxylic acids is 2. The van der Waals surface area contributed by atoms with Crippen LogP contribution in [0.3, 0.4) is 0 Å². The molecule has 5 nitrogen and oxygen atoms in total. The van der Waals surface area contributed by atoms with Crippen LogP contribution < -0.4 is 5.32 Å². The van der Waals surface area contributed by atoms with Gasteiger partial charge in [-0.2, -0.15) is 0 Å². The van der Waals surface area contributed by atoms with Crippen LogP contribution in [-0.4, -0.2) is 28.2 Å². The number of nitrogens with zero attached hydrogens (tertiary/aromatic N) is 2. The minimum Gasteiger partial charge on any atom is -0.338 e. The molecule has 1 atom stereocenters. The number of thiazole rings is 1. The van der Waals surface area contributed by atoms with Gasteiger partial charge in [0.05, 0.1) is 16.6 Å². The minimum atomic E-state index is -0.322. The number of rotatable bonds is 5. The maximum Gasteiger partial charge on any atom is 0.229 e. The normalized spacial score (nSPS) is 16.4. The molecule has 0 bridgehead atoms. The molecule has 0 saturated carbocycles. The van der Waals surface area contributed by atoms with Crippen molar-refractivity contribution < 1.29 is 9.59 Å². The summed E-state index contributed by atoms with van der Waals surface area (Å²) in [5, 5.41) is 5.99. The van der Waals surface area contributed by atoms with Gasteiger partial charge in [-0.1, -0.05) is 42.5 Å². The van der Waals surface area contributed by atoms with Crippen LogP contribution in [0.15, 0.2) is 60.0 Å². The van der Waals surface area contributed by atoms with Crippen molar-refractivity contribution in [1.29, 1.82) is 0 Å². The van der Waals surface area contributed by atoms with Crippen molar-refractivity contribution in [3.05, 3.63) is 70.5 Å². The van der Waals surface area contributed by atoms with Crippen molar-refractivity contribution in [2.45, 2.75) is 19.9 Å². The highest BCUT2D eigenvalue weighted by atomic mass is 32.1. The van der Waals surface area contributed by atoms with E-state index in [0.29, 0.717) is 13.1 Å². The molecule has 2 heterocycles. The van der Waals surface area contributed by atoms with Crippen molar-refractivity contribution in [2.24, 2.45) is 5.92 Å². The van der Waals surface area contributed by atoms with E-state index in [4.69, 9.17) is 0 Å². The van der Waals surface area contributed by atoms with Crippen molar-refractivity contribution in [1.82, 2.24) is 9.88 Å². The number of carbonyl (C=O) groups is 2. The first-order valence-electron chi connectivity index (χ1n) is 9.23. The van der Waals surface area contributed by atoms with E-state index in [1.807, 2.05) is 66.9 Å². The minimum absolute atomic E-state index is 0.0262. The van der Waals surface area contributed by atoms with Gasteiger partial charge in [-0.15, -0.1) is 11.3 Å². The van der Waals surface area contributed by atoms with Gasteiger partial charge in [-0.25, -0.2) is 4.98 Å². The monoisotopic (exact) mass is 391 g/mol. The van der Waals surface area contributed by atoms with Crippen molar-refractivity contribution in [3.8, 4) is 11.3 Å². The van der Waals surface area contributed by atoms with Gasteiger partial charge in [0.15, 0.2) is 0 Å². The van der Waals surface area contributed by atoms with Crippen LogP contribution in [0.2, 0.25) is 0 Å². The Morgan fingerprint density at radius 2 is 1.93 bits per heavy atom. The molecular formula is C22H21N3O2S. The summed E-state index contributed by atoms with van der Waals surface area (Å²) in [5.41, 5.74) is 3.77. The van der Waals surface area contributed by atoms with Crippen LogP contribution in [0.1, 0.15) is 17.0 Å². The highest BCUT2D eigenvalue weighted by Crippen LogP contribution is 2.25. The predicted molar refractivity (Wildman–Crippen MR) is 111 cm³/mol. The van der Waals surface area contributed by atoms with Crippen LogP contribution in [0.25, 0.3) is 11.3 Å². The molecular weight excluding hydrogens is 370 g/mol. The first-order chi connectivity index (χ1) is 13.6. The number of likely N-dealkylation sites (tertiary alicyclic amines) is 1. The van der Waals surface area contributed by atoms with Crippen LogP contribution in [-0.2, 0) is 16.1 Å². The maximum atomic E-state index is 12.6. The topological polar surface area (TPSA) is 62.3 Å². The molecule has 1 aliphatic rings. The van der Waals surface area contributed by atoms with Gasteiger partial charge in [0.2, 0.25) is 11.8 Å². The lowest BCUT2D eigenvalue weighted by Crippen LogP contribution is -2.28. The number of aryl methyl sites for hydroxylation is 1. The molecule has 0 aliphatic carbocycles. The molecule has 1 unspecified atom stereocenters. The van der Waals surface area contributed by atoms with Crippen LogP contribution in [0.5, 0.6) is 0 Å². The van der Waals surface area contributed by atoms with Crippen LogP contribution in [0.4, 0.5) is 5.69 Å². The average molecular weight is 391 g/mol. The Morgan fingerprint density at radius 1 is 1.18 bits per heavy atom. The molecule has 0 spiro atoms. The van der Waals surface area contributed by atoms with Gasteiger partial charge < -0.3 is 10.2 Å². The lowest BCUT2D eigenvalue weighted by Gasteiger charge is -2.16. The zero-order valence-corrected chi connectivity index (χ0v) is 16.4. The fourth-order valence-corrected chi connectivity index (χ4v) is 3.99. The highest BCUT2D eigenvalue weighted by Gasteiger charge is 2.34. The Balaban J connectivity index is 1.36. The fourth-order valence-electron chi connectivity index (χ4n) is 3.37. The predicted octanol–water partition coefficient (Wildman–Crippen LogP) is 4.11. The Labute approximate surface area is 168 Å².